The van der Waals surface area contributed by atoms with E-state index in [1.807, 2.05) is 19.1 Å². The molecule has 0 bridgehead atoms. The average Bonchev–Trinajstić information content (AvgIpc) is 2.37. The van der Waals surface area contributed by atoms with Crippen molar-refractivity contribution in [3.8, 4) is 0 Å². The van der Waals surface area contributed by atoms with Gasteiger partial charge in [-0.25, -0.2) is 9.97 Å². The highest BCUT2D eigenvalue weighted by molar-refractivity contribution is 6.30. The van der Waals surface area contributed by atoms with Crippen molar-refractivity contribution in [1.82, 2.24) is 9.97 Å². The molecule has 0 aliphatic rings. The molecule has 0 unspecified atom stereocenters. The Kier molecular flexibility index (Phi) is 3.82. The Bertz CT molecular complexity index is 554. The van der Waals surface area contributed by atoms with Gasteiger partial charge < -0.3 is 4.90 Å². The zero-order valence-corrected chi connectivity index (χ0v) is 11.6. The number of para-hydroxylation sites is 1. The van der Waals surface area contributed by atoms with Crippen molar-refractivity contribution in [2.75, 3.05) is 11.4 Å². The van der Waals surface area contributed by atoms with Crippen LogP contribution in [0.15, 0.2) is 30.6 Å². The highest BCUT2D eigenvalue weighted by Crippen LogP contribution is 2.30. The fourth-order valence-electron chi connectivity index (χ4n) is 1.99. The van der Waals surface area contributed by atoms with Gasteiger partial charge in [0, 0.05) is 17.8 Å². The van der Waals surface area contributed by atoms with E-state index in [9.17, 15) is 0 Å². The van der Waals surface area contributed by atoms with Gasteiger partial charge >= 0.3 is 0 Å². The molecule has 0 saturated carbocycles. The molecule has 1 aromatic carbocycles. The summed E-state index contributed by atoms with van der Waals surface area (Å²) in [6, 6.07) is 8.25. The second kappa shape index (κ2) is 5.36. The molecule has 0 radical (unpaired) electrons. The number of aryl methyl sites for hydroxylation is 1. The van der Waals surface area contributed by atoms with E-state index >= 15 is 0 Å². The number of anilines is 2. The van der Waals surface area contributed by atoms with Crippen molar-refractivity contribution >= 4 is 23.1 Å². The topological polar surface area (TPSA) is 29.0 Å². The first-order valence-electron chi connectivity index (χ1n) is 5.95. The molecule has 0 aliphatic carbocycles. The first kappa shape index (κ1) is 12.8. The van der Waals surface area contributed by atoms with Crippen LogP contribution in [0.3, 0.4) is 0 Å². The minimum atomic E-state index is 0.507. The van der Waals surface area contributed by atoms with Crippen LogP contribution in [0.2, 0.25) is 5.15 Å². The predicted molar refractivity (Wildman–Crippen MR) is 75.6 cm³/mol. The van der Waals surface area contributed by atoms with E-state index in [1.54, 1.807) is 0 Å². The van der Waals surface area contributed by atoms with Crippen molar-refractivity contribution in [3.63, 3.8) is 0 Å². The third kappa shape index (κ3) is 2.31. The number of nitrogens with zero attached hydrogens (tertiary/aromatic N) is 3. The quantitative estimate of drug-likeness (QED) is 0.785. The third-order valence-corrected chi connectivity index (χ3v) is 3.36. The van der Waals surface area contributed by atoms with Crippen molar-refractivity contribution in [2.24, 2.45) is 0 Å². The Morgan fingerprint density at radius 3 is 2.56 bits per heavy atom. The Morgan fingerprint density at radius 1 is 1.17 bits per heavy atom. The number of rotatable bonds is 3. The number of aromatic nitrogens is 2. The minimum Gasteiger partial charge on any atom is -0.326 e. The summed E-state index contributed by atoms with van der Waals surface area (Å²) in [5.41, 5.74) is 3.27. The SMILES string of the molecule is CCN(c1ccccc1C)c1ncnc(Cl)c1C. The summed E-state index contributed by atoms with van der Waals surface area (Å²) in [5.74, 6) is 0.867. The van der Waals surface area contributed by atoms with Gasteiger partial charge in [0.05, 0.1) is 0 Å². The standard InChI is InChI=1S/C14H16ClN3/c1-4-18(12-8-6-5-7-10(12)2)14-11(3)13(15)16-9-17-14/h5-9H,4H2,1-3H3. The molecule has 94 valence electrons. The molecule has 0 N–H and O–H groups in total. The molecule has 0 saturated heterocycles. The van der Waals surface area contributed by atoms with Gasteiger partial charge in [-0.3, -0.25) is 0 Å². The smallest absolute Gasteiger partial charge is 0.140 e. The van der Waals surface area contributed by atoms with Crippen LogP contribution in [0.5, 0.6) is 0 Å². The van der Waals surface area contributed by atoms with Crippen LogP contribution in [-0.4, -0.2) is 16.5 Å². The molecule has 1 aromatic heterocycles. The van der Waals surface area contributed by atoms with Crippen molar-refractivity contribution in [1.29, 1.82) is 0 Å². The predicted octanol–water partition coefficient (Wildman–Crippen LogP) is 3.90. The van der Waals surface area contributed by atoms with Crippen LogP contribution >= 0.6 is 11.6 Å². The second-order valence-electron chi connectivity index (χ2n) is 4.14. The van der Waals surface area contributed by atoms with Crippen LogP contribution in [0.1, 0.15) is 18.1 Å². The van der Waals surface area contributed by atoms with Gasteiger partial charge in [-0.15, -0.1) is 0 Å². The highest BCUT2D eigenvalue weighted by Gasteiger charge is 2.15. The van der Waals surface area contributed by atoms with E-state index < -0.39 is 0 Å². The maximum Gasteiger partial charge on any atom is 0.140 e. The van der Waals surface area contributed by atoms with E-state index in [1.165, 1.54) is 11.9 Å². The summed E-state index contributed by atoms with van der Waals surface area (Å²) in [4.78, 5) is 10.5. The fraction of sp³-hybridized carbons (Fsp3) is 0.286. The maximum atomic E-state index is 6.06. The Hall–Kier alpha value is -1.61. The maximum absolute atomic E-state index is 6.06. The lowest BCUT2D eigenvalue weighted by molar-refractivity contribution is 0.957. The molecule has 0 amide bonds. The average molecular weight is 262 g/mol. The molecule has 18 heavy (non-hydrogen) atoms. The molecule has 0 atom stereocenters. The van der Waals surface area contributed by atoms with Crippen LogP contribution in [0, 0.1) is 13.8 Å². The molecule has 3 nitrogen and oxygen atoms in total. The zero-order chi connectivity index (χ0) is 13.1. The van der Waals surface area contributed by atoms with Gasteiger partial charge in [-0.05, 0) is 32.4 Å². The number of benzene rings is 1. The summed E-state index contributed by atoms with van der Waals surface area (Å²) >= 11 is 6.06. The lowest BCUT2D eigenvalue weighted by Gasteiger charge is -2.25. The van der Waals surface area contributed by atoms with E-state index in [2.05, 4.69) is 40.8 Å². The van der Waals surface area contributed by atoms with E-state index in [0.29, 0.717) is 5.15 Å². The Balaban J connectivity index is 2.53. The fourth-order valence-corrected chi connectivity index (χ4v) is 2.12. The molecule has 2 aromatic rings. The molecular weight excluding hydrogens is 246 g/mol. The van der Waals surface area contributed by atoms with Crippen molar-refractivity contribution < 1.29 is 0 Å². The van der Waals surface area contributed by atoms with Crippen LogP contribution in [0.25, 0.3) is 0 Å². The summed E-state index contributed by atoms with van der Waals surface area (Å²) in [6.07, 6.45) is 1.51. The van der Waals surface area contributed by atoms with Gasteiger partial charge in [0.2, 0.25) is 0 Å². The van der Waals surface area contributed by atoms with Gasteiger partial charge in [0.25, 0.3) is 0 Å². The van der Waals surface area contributed by atoms with Gasteiger partial charge in [0.1, 0.15) is 17.3 Å². The molecule has 1 heterocycles. The lowest BCUT2D eigenvalue weighted by atomic mass is 10.1. The number of hydrogen-bond acceptors (Lipinski definition) is 3. The molecule has 0 spiro atoms. The second-order valence-corrected chi connectivity index (χ2v) is 4.50. The summed E-state index contributed by atoms with van der Waals surface area (Å²) in [5, 5.41) is 0.507. The zero-order valence-electron chi connectivity index (χ0n) is 10.8. The van der Waals surface area contributed by atoms with Crippen LogP contribution < -0.4 is 4.90 Å². The first-order valence-corrected chi connectivity index (χ1v) is 6.33. The summed E-state index contributed by atoms with van der Waals surface area (Å²) < 4.78 is 0. The minimum absolute atomic E-state index is 0.507. The van der Waals surface area contributed by atoms with Crippen LogP contribution in [-0.2, 0) is 0 Å². The van der Waals surface area contributed by atoms with E-state index in [4.69, 9.17) is 11.6 Å². The third-order valence-electron chi connectivity index (χ3n) is 2.97. The van der Waals surface area contributed by atoms with Gasteiger partial charge in [-0.1, -0.05) is 29.8 Å². The Labute approximate surface area is 112 Å². The van der Waals surface area contributed by atoms with Gasteiger partial charge in [0.15, 0.2) is 0 Å². The Morgan fingerprint density at radius 2 is 1.89 bits per heavy atom. The number of hydrogen-bond donors (Lipinski definition) is 0. The molecule has 2 rings (SSSR count). The van der Waals surface area contributed by atoms with E-state index in [0.717, 1.165) is 23.6 Å². The molecular formula is C14H16ClN3. The summed E-state index contributed by atoms with van der Waals surface area (Å²) in [6.45, 7) is 6.97. The monoisotopic (exact) mass is 261 g/mol. The normalized spacial score (nSPS) is 10.4. The number of halogens is 1. The first-order chi connectivity index (χ1) is 8.65. The largest absolute Gasteiger partial charge is 0.326 e. The highest BCUT2D eigenvalue weighted by atomic mass is 35.5. The lowest BCUT2D eigenvalue weighted by Crippen LogP contribution is -2.19. The van der Waals surface area contributed by atoms with Crippen molar-refractivity contribution in [2.45, 2.75) is 20.8 Å². The molecule has 0 aliphatic heterocycles. The van der Waals surface area contributed by atoms with Crippen molar-refractivity contribution in [3.05, 3.63) is 46.9 Å². The molecule has 0 fully saturated rings. The summed E-state index contributed by atoms with van der Waals surface area (Å²) in [7, 11) is 0. The molecule has 4 heteroatoms. The van der Waals surface area contributed by atoms with Gasteiger partial charge in [-0.2, -0.15) is 0 Å². The van der Waals surface area contributed by atoms with Crippen LogP contribution in [0.4, 0.5) is 11.5 Å². The van der Waals surface area contributed by atoms with E-state index in [-0.39, 0.29) is 0 Å².